The predicted molar refractivity (Wildman–Crippen MR) is 105 cm³/mol. The number of methoxy groups -OCH3 is 3. The van der Waals surface area contributed by atoms with E-state index < -0.39 is 5.97 Å². The summed E-state index contributed by atoms with van der Waals surface area (Å²) in [6.45, 7) is -0.146. The molecule has 0 unspecified atom stereocenters. The van der Waals surface area contributed by atoms with E-state index in [-0.39, 0.29) is 12.5 Å². The van der Waals surface area contributed by atoms with Gasteiger partial charge in [-0.25, -0.2) is 4.79 Å². The minimum absolute atomic E-state index is 0.146. The highest BCUT2D eigenvalue weighted by Crippen LogP contribution is 2.27. The van der Waals surface area contributed by atoms with Gasteiger partial charge in [0.2, 0.25) is 5.82 Å². The van der Waals surface area contributed by atoms with E-state index in [1.165, 1.54) is 6.08 Å². The molecule has 0 saturated heterocycles. The van der Waals surface area contributed by atoms with Gasteiger partial charge in [-0.05, 0) is 35.9 Å². The molecule has 0 N–H and O–H groups in total. The summed E-state index contributed by atoms with van der Waals surface area (Å²) in [6.07, 6.45) is 2.90. The Bertz CT molecular complexity index is 990. The molecule has 0 radical (unpaired) electrons. The first-order chi connectivity index (χ1) is 14.1. The molecule has 0 bridgehead atoms. The number of aromatic nitrogens is 2. The molecule has 1 heterocycles. The molecule has 1 aromatic heterocycles. The molecule has 2 aromatic carbocycles. The van der Waals surface area contributed by atoms with E-state index in [4.69, 9.17) is 23.5 Å². The maximum absolute atomic E-state index is 12.0. The number of esters is 1. The lowest BCUT2D eigenvalue weighted by Crippen LogP contribution is -2.01. The van der Waals surface area contributed by atoms with Gasteiger partial charge in [-0.15, -0.1) is 0 Å². The van der Waals surface area contributed by atoms with Crippen molar-refractivity contribution in [3.63, 3.8) is 0 Å². The molecular formula is C21H20N2O6. The number of rotatable bonds is 8. The number of benzene rings is 2. The Morgan fingerprint density at radius 3 is 2.45 bits per heavy atom. The molecule has 0 atom stereocenters. The Labute approximate surface area is 167 Å². The summed E-state index contributed by atoms with van der Waals surface area (Å²) in [5.74, 6) is 1.83. The highest BCUT2D eigenvalue weighted by Gasteiger charge is 2.13. The van der Waals surface area contributed by atoms with Crippen LogP contribution in [0, 0.1) is 0 Å². The first-order valence-electron chi connectivity index (χ1n) is 8.67. The number of hydrogen-bond donors (Lipinski definition) is 0. The Hall–Kier alpha value is -3.81. The average molecular weight is 396 g/mol. The Morgan fingerprint density at radius 1 is 1.03 bits per heavy atom. The number of ether oxygens (including phenoxy) is 4. The van der Waals surface area contributed by atoms with Crippen LogP contribution >= 0.6 is 0 Å². The fourth-order valence-electron chi connectivity index (χ4n) is 2.52. The third-order valence-electron chi connectivity index (χ3n) is 3.94. The number of carbonyl (C=O) groups excluding carboxylic acids is 1. The molecule has 150 valence electrons. The molecule has 0 spiro atoms. The van der Waals surface area contributed by atoms with E-state index in [0.29, 0.717) is 28.6 Å². The van der Waals surface area contributed by atoms with Crippen LogP contribution in [0.25, 0.3) is 17.5 Å². The van der Waals surface area contributed by atoms with E-state index in [0.717, 1.165) is 5.56 Å². The smallest absolute Gasteiger partial charge is 0.331 e. The van der Waals surface area contributed by atoms with Gasteiger partial charge in [0, 0.05) is 12.1 Å². The van der Waals surface area contributed by atoms with Gasteiger partial charge in [0.15, 0.2) is 6.61 Å². The van der Waals surface area contributed by atoms with Crippen LogP contribution in [0.4, 0.5) is 0 Å². The first-order valence-corrected chi connectivity index (χ1v) is 8.67. The fourth-order valence-corrected chi connectivity index (χ4v) is 2.52. The monoisotopic (exact) mass is 396 g/mol. The van der Waals surface area contributed by atoms with Crippen LogP contribution in [-0.4, -0.2) is 37.4 Å². The van der Waals surface area contributed by atoms with E-state index >= 15 is 0 Å². The molecule has 3 aromatic rings. The van der Waals surface area contributed by atoms with Crippen LogP contribution in [0.3, 0.4) is 0 Å². The van der Waals surface area contributed by atoms with Crippen LogP contribution in [0.1, 0.15) is 11.5 Å². The minimum Gasteiger partial charge on any atom is -0.497 e. The number of nitrogens with zero attached hydrogens (tertiary/aromatic N) is 2. The lowest BCUT2D eigenvalue weighted by atomic mass is 10.2. The summed E-state index contributed by atoms with van der Waals surface area (Å²) in [5.41, 5.74) is 1.41. The third-order valence-corrected chi connectivity index (χ3v) is 3.94. The standard InChI is InChI=1S/C21H20N2O6/c1-25-15-10-14(11-16(12-15)26-2)8-9-20(24)28-13-19-22-21(23-29-19)17-6-4-5-7-18(17)27-3/h4-12H,13H2,1-3H3/b9-8+. The normalized spacial score (nSPS) is 10.7. The van der Waals surface area contributed by atoms with Gasteiger partial charge in [0.25, 0.3) is 5.89 Å². The number of para-hydroxylation sites is 1. The molecule has 8 heteroatoms. The van der Waals surface area contributed by atoms with E-state index in [9.17, 15) is 4.79 Å². The first kappa shape index (κ1) is 19.9. The van der Waals surface area contributed by atoms with E-state index in [1.54, 1.807) is 51.7 Å². The van der Waals surface area contributed by atoms with E-state index in [2.05, 4.69) is 10.1 Å². The molecular weight excluding hydrogens is 376 g/mol. The molecule has 0 fully saturated rings. The van der Waals surface area contributed by atoms with Gasteiger partial charge in [0.05, 0.1) is 26.9 Å². The van der Waals surface area contributed by atoms with Crippen molar-refractivity contribution in [3.05, 3.63) is 60.0 Å². The second-order valence-electron chi connectivity index (χ2n) is 5.80. The number of hydrogen-bond acceptors (Lipinski definition) is 8. The van der Waals surface area contributed by atoms with Crippen LogP contribution in [0.5, 0.6) is 17.2 Å². The lowest BCUT2D eigenvalue weighted by Gasteiger charge is -2.05. The van der Waals surface area contributed by atoms with Crippen molar-refractivity contribution >= 4 is 12.0 Å². The maximum Gasteiger partial charge on any atom is 0.331 e. The lowest BCUT2D eigenvalue weighted by molar-refractivity contribution is -0.139. The molecule has 29 heavy (non-hydrogen) atoms. The van der Waals surface area contributed by atoms with Gasteiger partial charge in [-0.2, -0.15) is 4.98 Å². The second kappa shape index (κ2) is 9.41. The van der Waals surface area contributed by atoms with Gasteiger partial charge >= 0.3 is 5.97 Å². The second-order valence-corrected chi connectivity index (χ2v) is 5.80. The van der Waals surface area contributed by atoms with Crippen molar-refractivity contribution in [2.24, 2.45) is 0 Å². The van der Waals surface area contributed by atoms with Gasteiger partial charge in [-0.3, -0.25) is 0 Å². The fraction of sp³-hybridized carbons (Fsp3) is 0.190. The third kappa shape index (κ3) is 5.13. The summed E-state index contributed by atoms with van der Waals surface area (Å²) in [6, 6.07) is 12.6. The van der Waals surface area contributed by atoms with Crippen molar-refractivity contribution in [3.8, 4) is 28.6 Å². The zero-order chi connectivity index (χ0) is 20.6. The van der Waals surface area contributed by atoms with Crippen LogP contribution < -0.4 is 14.2 Å². The average Bonchev–Trinajstić information content (AvgIpc) is 3.24. The molecule has 0 amide bonds. The van der Waals surface area contributed by atoms with Crippen molar-refractivity contribution < 1.29 is 28.3 Å². The Balaban J connectivity index is 1.62. The van der Waals surface area contributed by atoms with Crippen molar-refractivity contribution in [1.29, 1.82) is 0 Å². The van der Waals surface area contributed by atoms with Crippen molar-refractivity contribution in [2.45, 2.75) is 6.61 Å². The zero-order valence-corrected chi connectivity index (χ0v) is 16.2. The number of carbonyl (C=O) groups is 1. The van der Waals surface area contributed by atoms with Gasteiger partial charge in [-0.1, -0.05) is 17.3 Å². The van der Waals surface area contributed by atoms with Crippen LogP contribution in [0.2, 0.25) is 0 Å². The largest absolute Gasteiger partial charge is 0.497 e. The molecule has 0 saturated carbocycles. The summed E-state index contributed by atoms with van der Waals surface area (Å²) < 4.78 is 26.0. The minimum atomic E-state index is -0.552. The topological polar surface area (TPSA) is 92.9 Å². The molecule has 3 rings (SSSR count). The molecule has 0 aliphatic rings. The summed E-state index contributed by atoms with van der Waals surface area (Å²) >= 11 is 0. The SMILES string of the molecule is COc1cc(/C=C/C(=O)OCc2nc(-c3ccccc3OC)no2)cc(OC)c1. The van der Waals surface area contributed by atoms with Crippen LogP contribution in [-0.2, 0) is 16.1 Å². The summed E-state index contributed by atoms with van der Waals surface area (Å²) in [7, 11) is 4.67. The van der Waals surface area contributed by atoms with Crippen molar-refractivity contribution in [2.75, 3.05) is 21.3 Å². The van der Waals surface area contributed by atoms with Gasteiger partial charge in [0.1, 0.15) is 17.2 Å². The predicted octanol–water partition coefficient (Wildman–Crippen LogP) is 3.52. The quantitative estimate of drug-likeness (QED) is 0.422. The molecule has 8 nitrogen and oxygen atoms in total. The Morgan fingerprint density at radius 2 is 1.76 bits per heavy atom. The molecule has 0 aliphatic carbocycles. The Kier molecular flexibility index (Phi) is 6.47. The molecule has 0 aliphatic heterocycles. The van der Waals surface area contributed by atoms with Crippen LogP contribution in [0.15, 0.2) is 53.1 Å². The van der Waals surface area contributed by atoms with Crippen molar-refractivity contribution in [1.82, 2.24) is 10.1 Å². The highest BCUT2D eigenvalue weighted by atomic mass is 16.6. The zero-order valence-electron chi connectivity index (χ0n) is 16.2. The van der Waals surface area contributed by atoms with E-state index in [1.807, 2.05) is 18.2 Å². The summed E-state index contributed by atoms with van der Waals surface area (Å²) in [5, 5.41) is 3.90. The highest BCUT2D eigenvalue weighted by molar-refractivity contribution is 5.87. The maximum atomic E-state index is 12.0. The summed E-state index contributed by atoms with van der Waals surface area (Å²) in [4.78, 5) is 16.2. The van der Waals surface area contributed by atoms with Gasteiger partial charge < -0.3 is 23.5 Å².